The Labute approximate surface area is 157 Å². The van der Waals surface area contributed by atoms with E-state index >= 15 is 0 Å². The molecule has 3 aromatic rings. The minimum Gasteiger partial charge on any atom is -0.497 e. The number of benzene rings is 1. The predicted octanol–water partition coefficient (Wildman–Crippen LogP) is 4.70. The molecule has 140 valence electrons. The molecule has 0 aliphatic carbocycles. The first-order valence-electron chi connectivity index (χ1n) is 9.22. The Kier molecular flexibility index (Phi) is 4.96. The zero-order valence-corrected chi connectivity index (χ0v) is 15.3. The van der Waals surface area contributed by atoms with Gasteiger partial charge in [-0.05, 0) is 49.2 Å². The number of amides is 1. The second kappa shape index (κ2) is 7.70. The van der Waals surface area contributed by atoms with Crippen LogP contribution in [-0.2, 0) is 0 Å². The van der Waals surface area contributed by atoms with E-state index in [0.29, 0.717) is 18.1 Å². The van der Waals surface area contributed by atoms with E-state index in [0.717, 1.165) is 42.7 Å². The van der Waals surface area contributed by atoms with Gasteiger partial charge in [-0.3, -0.25) is 4.79 Å². The first-order valence-corrected chi connectivity index (χ1v) is 9.22. The van der Waals surface area contributed by atoms with Crippen molar-refractivity contribution < 1.29 is 18.5 Å². The Morgan fingerprint density at radius 2 is 2.04 bits per heavy atom. The molecule has 0 spiro atoms. The SMILES string of the molecule is COc1ccc(-c2cc([C@H]3CCCCCN3C(=O)c3ccco3)no2)cc1. The quantitative estimate of drug-likeness (QED) is 0.669. The zero-order chi connectivity index (χ0) is 18.6. The third kappa shape index (κ3) is 3.60. The number of nitrogens with zero attached hydrogens (tertiary/aromatic N) is 2. The summed E-state index contributed by atoms with van der Waals surface area (Å²) in [6.45, 7) is 0.689. The van der Waals surface area contributed by atoms with Gasteiger partial charge in [-0.15, -0.1) is 0 Å². The van der Waals surface area contributed by atoms with E-state index in [1.54, 1.807) is 19.2 Å². The molecule has 4 rings (SSSR count). The molecule has 1 aliphatic rings. The van der Waals surface area contributed by atoms with Crippen molar-refractivity contribution in [1.82, 2.24) is 10.1 Å². The minimum atomic E-state index is -0.110. The molecule has 1 aliphatic heterocycles. The molecule has 0 N–H and O–H groups in total. The molecule has 6 heteroatoms. The number of methoxy groups -OCH3 is 1. The molecule has 6 nitrogen and oxygen atoms in total. The van der Waals surface area contributed by atoms with Crippen LogP contribution >= 0.6 is 0 Å². The molecule has 0 bridgehead atoms. The molecule has 0 saturated carbocycles. The summed E-state index contributed by atoms with van der Waals surface area (Å²) in [5, 5.41) is 4.28. The highest BCUT2D eigenvalue weighted by atomic mass is 16.5. The van der Waals surface area contributed by atoms with Crippen molar-refractivity contribution in [3.63, 3.8) is 0 Å². The number of furan rings is 1. The number of hydrogen-bond acceptors (Lipinski definition) is 5. The van der Waals surface area contributed by atoms with Crippen molar-refractivity contribution in [1.29, 1.82) is 0 Å². The number of rotatable bonds is 4. The van der Waals surface area contributed by atoms with Gasteiger partial charge in [0.05, 0.1) is 19.4 Å². The van der Waals surface area contributed by atoms with E-state index in [9.17, 15) is 4.79 Å². The van der Waals surface area contributed by atoms with Gasteiger partial charge in [0.25, 0.3) is 5.91 Å². The lowest BCUT2D eigenvalue weighted by Crippen LogP contribution is -2.34. The highest BCUT2D eigenvalue weighted by molar-refractivity contribution is 5.91. The van der Waals surface area contributed by atoms with Crippen molar-refractivity contribution in [2.75, 3.05) is 13.7 Å². The summed E-state index contributed by atoms with van der Waals surface area (Å²) in [5.41, 5.74) is 1.70. The lowest BCUT2D eigenvalue weighted by molar-refractivity contribution is 0.0641. The van der Waals surface area contributed by atoms with Gasteiger partial charge >= 0.3 is 0 Å². The van der Waals surface area contributed by atoms with E-state index in [-0.39, 0.29) is 11.9 Å². The largest absolute Gasteiger partial charge is 0.497 e. The molecule has 27 heavy (non-hydrogen) atoms. The number of carbonyl (C=O) groups excluding carboxylic acids is 1. The van der Waals surface area contributed by atoms with Crippen molar-refractivity contribution >= 4 is 5.91 Å². The van der Waals surface area contributed by atoms with E-state index < -0.39 is 0 Å². The van der Waals surface area contributed by atoms with Crippen LogP contribution in [-0.4, -0.2) is 29.6 Å². The Balaban J connectivity index is 1.61. The summed E-state index contributed by atoms with van der Waals surface area (Å²) in [5.74, 6) is 1.74. The summed E-state index contributed by atoms with van der Waals surface area (Å²) >= 11 is 0. The Morgan fingerprint density at radius 3 is 2.78 bits per heavy atom. The van der Waals surface area contributed by atoms with Crippen LogP contribution in [0.1, 0.15) is 48.0 Å². The number of carbonyl (C=O) groups is 1. The maximum absolute atomic E-state index is 12.9. The highest BCUT2D eigenvalue weighted by Gasteiger charge is 2.31. The van der Waals surface area contributed by atoms with Crippen LogP contribution in [0.25, 0.3) is 11.3 Å². The van der Waals surface area contributed by atoms with Gasteiger partial charge in [0, 0.05) is 18.2 Å². The Hall–Kier alpha value is -3.02. The molecule has 1 aromatic carbocycles. The van der Waals surface area contributed by atoms with Gasteiger partial charge in [-0.2, -0.15) is 0 Å². The first kappa shape index (κ1) is 17.4. The first-order chi connectivity index (χ1) is 13.3. The molecule has 1 saturated heterocycles. The van der Waals surface area contributed by atoms with Crippen LogP contribution in [0.4, 0.5) is 0 Å². The normalized spacial score (nSPS) is 17.5. The van der Waals surface area contributed by atoms with Crippen molar-refractivity contribution in [3.05, 3.63) is 60.2 Å². The number of hydrogen-bond donors (Lipinski definition) is 0. The second-order valence-corrected chi connectivity index (χ2v) is 6.69. The fraction of sp³-hybridized carbons (Fsp3) is 0.333. The highest BCUT2D eigenvalue weighted by Crippen LogP contribution is 2.33. The fourth-order valence-corrected chi connectivity index (χ4v) is 3.54. The lowest BCUT2D eigenvalue weighted by atomic mass is 10.0. The zero-order valence-electron chi connectivity index (χ0n) is 15.3. The third-order valence-electron chi connectivity index (χ3n) is 4.99. The molecule has 1 fully saturated rings. The Morgan fingerprint density at radius 1 is 1.19 bits per heavy atom. The summed E-state index contributed by atoms with van der Waals surface area (Å²) in [4.78, 5) is 14.8. The topological polar surface area (TPSA) is 68.7 Å². The number of likely N-dealkylation sites (tertiary alicyclic amines) is 1. The predicted molar refractivity (Wildman–Crippen MR) is 99.4 cm³/mol. The van der Waals surface area contributed by atoms with E-state index in [4.69, 9.17) is 13.7 Å². The summed E-state index contributed by atoms with van der Waals surface area (Å²) in [6, 6.07) is 12.9. The molecule has 0 unspecified atom stereocenters. The van der Waals surface area contributed by atoms with Crippen LogP contribution in [0.2, 0.25) is 0 Å². The summed E-state index contributed by atoms with van der Waals surface area (Å²) in [7, 11) is 1.64. The van der Waals surface area contributed by atoms with Gasteiger partial charge < -0.3 is 18.6 Å². The number of aromatic nitrogens is 1. The average Bonchev–Trinajstić information content (AvgIpc) is 3.36. The van der Waals surface area contributed by atoms with Crippen LogP contribution in [0.15, 0.2) is 57.7 Å². The molecule has 2 aromatic heterocycles. The van der Waals surface area contributed by atoms with Gasteiger partial charge in [-0.1, -0.05) is 18.0 Å². The number of ether oxygens (including phenoxy) is 1. The van der Waals surface area contributed by atoms with Gasteiger partial charge in [0.1, 0.15) is 11.4 Å². The molecule has 0 radical (unpaired) electrons. The monoisotopic (exact) mass is 366 g/mol. The van der Waals surface area contributed by atoms with Gasteiger partial charge in [0.15, 0.2) is 11.5 Å². The van der Waals surface area contributed by atoms with Crippen LogP contribution in [0.5, 0.6) is 5.75 Å². The second-order valence-electron chi connectivity index (χ2n) is 6.69. The summed E-state index contributed by atoms with van der Waals surface area (Å²) < 4.78 is 16.1. The molecule has 1 atom stereocenters. The van der Waals surface area contributed by atoms with Crippen LogP contribution < -0.4 is 4.74 Å². The molecule has 1 amide bonds. The summed E-state index contributed by atoms with van der Waals surface area (Å²) in [6.07, 6.45) is 5.52. The molecular formula is C21H22N2O4. The van der Waals surface area contributed by atoms with Gasteiger partial charge in [-0.25, -0.2) is 0 Å². The van der Waals surface area contributed by atoms with Gasteiger partial charge in [0.2, 0.25) is 0 Å². The smallest absolute Gasteiger partial charge is 0.290 e. The Bertz CT molecular complexity index is 883. The van der Waals surface area contributed by atoms with E-state index in [1.807, 2.05) is 35.2 Å². The fourth-order valence-electron chi connectivity index (χ4n) is 3.54. The van der Waals surface area contributed by atoms with E-state index in [1.165, 1.54) is 6.26 Å². The standard InChI is InChI=1S/C21H22N2O4/c1-25-16-10-8-15(9-11-16)20-14-17(22-27-20)18-6-3-2-4-12-23(18)21(24)19-7-5-13-26-19/h5,7-11,13-14,18H,2-4,6,12H2,1H3/t18-/m1/s1. The van der Waals surface area contributed by atoms with Crippen molar-refractivity contribution in [2.24, 2.45) is 0 Å². The lowest BCUT2D eigenvalue weighted by Gasteiger charge is -2.27. The maximum atomic E-state index is 12.9. The maximum Gasteiger partial charge on any atom is 0.290 e. The minimum absolute atomic E-state index is 0.0964. The van der Waals surface area contributed by atoms with E-state index in [2.05, 4.69) is 5.16 Å². The van der Waals surface area contributed by atoms with Crippen molar-refractivity contribution in [3.8, 4) is 17.1 Å². The molecular weight excluding hydrogens is 344 g/mol. The average molecular weight is 366 g/mol. The third-order valence-corrected chi connectivity index (χ3v) is 4.99. The molecule has 3 heterocycles. The van der Waals surface area contributed by atoms with Crippen molar-refractivity contribution in [2.45, 2.75) is 31.7 Å². The van der Waals surface area contributed by atoms with Crippen LogP contribution in [0, 0.1) is 0 Å². The van der Waals surface area contributed by atoms with Crippen LogP contribution in [0.3, 0.4) is 0 Å².